The molecule has 0 aliphatic carbocycles. The lowest BCUT2D eigenvalue weighted by molar-refractivity contribution is 0.102. The van der Waals surface area contributed by atoms with E-state index in [-0.39, 0.29) is 11.6 Å². The molecule has 1 aromatic carbocycles. The molecule has 4 N–H and O–H groups in total. The van der Waals surface area contributed by atoms with Gasteiger partial charge in [0, 0.05) is 11.4 Å². The van der Waals surface area contributed by atoms with Crippen LogP contribution in [0.1, 0.15) is 16.1 Å². The lowest BCUT2D eigenvalue weighted by Crippen LogP contribution is -2.13. The highest BCUT2D eigenvalue weighted by Gasteiger charge is 2.10. The molecule has 16 heavy (non-hydrogen) atoms. The predicted octanol–water partition coefficient (Wildman–Crippen LogP) is 0.948. The molecule has 0 unspecified atom stereocenters. The molecule has 6 heteroatoms. The first-order valence-electron chi connectivity index (χ1n) is 4.70. The van der Waals surface area contributed by atoms with Crippen LogP contribution in [0, 0.1) is 6.92 Å². The van der Waals surface area contributed by atoms with E-state index in [9.17, 15) is 4.79 Å². The van der Waals surface area contributed by atoms with Crippen molar-refractivity contribution in [1.29, 1.82) is 0 Å². The Hall–Kier alpha value is -2.37. The van der Waals surface area contributed by atoms with Crippen molar-refractivity contribution >= 4 is 17.3 Å². The Bertz CT molecular complexity index is 506. The Morgan fingerprint density at radius 1 is 1.50 bits per heavy atom. The zero-order valence-electron chi connectivity index (χ0n) is 8.69. The average molecular weight is 217 g/mol. The van der Waals surface area contributed by atoms with Gasteiger partial charge in [0.15, 0.2) is 5.69 Å². The van der Waals surface area contributed by atoms with Gasteiger partial charge in [-0.25, -0.2) is 0 Å². The molecule has 6 nitrogen and oxygen atoms in total. The number of carbonyl (C=O) groups excluding carboxylic acids is 1. The number of amides is 1. The molecular formula is C10H11N5O. The Labute approximate surface area is 91.9 Å². The third-order valence-electron chi connectivity index (χ3n) is 2.27. The number of nitrogens with one attached hydrogen (secondary N) is 2. The summed E-state index contributed by atoms with van der Waals surface area (Å²) in [7, 11) is 0. The minimum Gasteiger partial charge on any atom is -0.398 e. The maximum Gasteiger partial charge on any atom is 0.277 e. The minimum atomic E-state index is -0.317. The molecule has 0 aliphatic heterocycles. The van der Waals surface area contributed by atoms with Crippen LogP contribution in [0.15, 0.2) is 24.4 Å². The van der Waals surface area contributed by atoms with Crippen molar-refractivity contribution in [3.63, 3.8) is 0 Å². The number of aromatic amines is 1. The third kappa shape index (κ3) is 1.85. The topological polar surface area (TPSA) is 96.7 Å². The van der Waals surface area contributed by atoms with E-state index in [0.717, 1.165) is 5.56 Å². The summed E-state index contributed by atoms with van der Waals surface area (Å²) in [5, 5.41) is 12.3. The number of benzene rings is 1. The summed E-state index contributed by atoms with van der Waals surface area (Å²) >= 11 is 0. The van der Waals surface area contributed by atoms with E-state index >= 15 is 0 Å². The van der Waals surface area contributed by atoms with Gasteiger partial charge in [0.2, 0.25) is 0 Å². The second-order valence-corrected chi connectivity index (χ2v) is 3.33. The fourth-order valence-corrected chi connectivity index (χ4v) is 1.29. The number of hydrogen-bond acceptors (Lipinski definition) is 4. The van der Waals surface area contributed by atoms with E-state index < -0.39 is 0 Å². The van der Waals surface area contributed by atoms with Gasteiger partial charge in [-0.2, -0.15) is 15.4 Å². The highest BCUT2D eigenvalue weighted by Crippen LogP contribution is 2.20. The van der Waals surface area contributed by atoms with Gasteiger partial charge in [-0.1, -0.05) is 6.07 Å². The van der Waals surface area contributed by atoms with Crippen LogP contribution in [0.3, 0.4) is 0 Å². The molecule has 0 fully saturated rings. The Balaban J connectivity index is 2.22. The van der Waals surface area contributed by atoms with Crippen molar-refractivity contribution in [1.82, 2.24) is 15.4 Å². The lowest BCUT2D eigenvalue weighted by Gasteiger charge is -2.08. The standard InChI is InChI=1S/C10H11N5O/c1-6-7(11)3-2-4-8(6)13-10(16)9-5-12-15-14-9/h2-5H,11H2,1H3,(H,13,16)(H,12,14,15). The first-order chi connectivity index (χ1) is 7.68. The molecule has 0 atom stereocenters. The molecule has 0 bridgehead atoms. The summed E-state index contributed by atoms with van der Waals surface area (Å²) in [5.41, 5.74) is 8.11. The summed E-state index contributed by atoms with van der Waals surface area (Å²) in [6, 6.07) is 5.34. The molecule has 1 amide bonds. The van der Waals surface area contributed by atoms with Gasteiger partial charge < -0.3 is 11.1 Å². The normalized spacial score (nSPS) is 10.1. The van der Waals surface area contributed by atoms with E-state index in [1.165, 1.54) is 6.20 Å². The zero-order valence-corrected chi connectivity index (χ0v) is 8.69. The van der Waals surface area contributed by atoms with Crippen LogP contribution >= 0.6 is 0 Å². The average Bonchev–Trinajstić information content (AvgIpc) is 2.78. The van der Waals surface area contributed by atoms with Gasteiger partial charge in [-0.05, 0) is 24.6 Å². The van der Waals surface area contributed by atoms with Crippen LogP contribution in [-0.4, -0.2) is 21.3 Å². The van der Waals surface area contributed by atoms with Gasteiger partial charge >= 0.3 is 0 Å². The summed E-state index contributed by atoms with van der Waals surface area (Å²) in [6.07, 6.45) is 1.36. The van der Waals surface area contributed by atoms with E-state index in [1.54, 1.807) is 18.2 Å². The van der Waals surface area contributed by atoms with Crippen molar-refractivity contribution in [2.75, 3.05) is 11.1 Å². The van der Waals surface area contributed by atoms with Crippen LogP contribution in [-0.2, 0) is 0 Å². The number of anilines is 2. The van der Waals surface area contributed by atoms with Gasteiger partial charge in [0.25, 0.3) is 5.91 Å². The Morgan fingerprint density at radius 3 is 3.00 bits per heavy atom. The number of nitrogens with zero attached hydrogens (tertiary/aromatic N) is 2. The van der Waals surface area contributed by atoms with Crippen molar-refractivity contribution in [2.24, 2.45) is 0 Å². The number of hydrogen-bond donors (Lipinski definition) is 3. The van der Waals surface area contributed by atoms with Crippen LogP contribution in [0.5, 0.6) is 0 Å². The monoisotopic (exact) mass is 217 g/mol. The van der Waals surface area contributed by atoms with Crippen molar-refractivity contribution in [3.8, 4) is 0 Å². The van der Waals surface area contributed by atoms with Crippen molar-refractivity contribution < 1.29 is 4.79 Å². The van der Waals surface area contributed by atoms with Gasteiger partial charge in [-0.15, -0.1) is 0 Å². The molecule has 1 aromatic heterocycles. The molecule has 0 saturated carbocycles. The lowest BCUT2D eigenvalue weighted by atomic mass is 10.1. The van der Waals surface area contributed by atoms with E-state index in [0.29, 0.717) is 11.4 Å². The maximum atomic E-state index is 11.7. The summed E-state index contributed by atoms with van der Waals surface area (Å²) < 4.78 is 0. The van der Waals surface area contributed by atoms with Crippen LogP contribution < -0.4 is 11.1 Å². The second kappa shape index (κ2) is 4.01. The molecule has 0 aliphatic rings. The molecule has 0 radical (unpaired) electrons. The fourth-order valence-electron chi connectivity index (χ4n) is 1.29. The van der Waals surface area contributed by atoms with Gasteiger partial charge in [-0.3, -0.25) is 4.79 Å². The number of rotatable bonds is 2. The quantitative estimate of drug-likeness (QED) is 0.652. The first kappa shape index (κ1) is 10.2. The second-order valence-electron chi connectivity index (χ2n) is 3.33. The van der Waals surface area contributed by atoms with Gasteiger partial charge in [0.05, 0.1) is 6.20 Å². The molecule has 0 spiro atoms. The number of carbonyl (C=O) groups is 1. The summed E-state index contributed by atoms with van der Waals surface area (Å²) in [4.78, 5) is 11.7. The largest absolute Gasteiger partial charge is 0.398 e. The van der Waals surface area contributed by atoms with E-state index in [1.807, 2.05) is 6.92 Å². The first-order valence-corrected chi connectivity index (χ1v) is 4.70. The number of nitrogen functional groups attached to an aromatic ring is 1. The highest BCUT2D eigenvalue weighted by molar-refractivity contribution is 6.03. The molecule has 82 valence electrons. The molecule has 1 heterocycles. The molecule has 2 aromatic rings. The predicted molar refractivity (Wildman–Crippen MR) is 59.9 cm³/mol. The molecule has 0 saturated heterocycles. The molecular weight excluding hydrogens is 206 g/mol. The number of aromatic nitrogens is 3. The smallest absolute Gasteiger partial charge is 0.277 e. The highest BCUT2D eigenvalue weighted by atomic mass is 16.2. The Kier molecular flexibility index (Phi) is 2.55. The Morgan fingerprint density at radius 2 is 2.31 bits per heavy atom. The van der Waals surface area contributed by atoms with Crippen molar-refractivity contribution in [2.45, 2.75) is 6.92 Å². The fraction of sp³-hybridized carbons (Fsp3) is 0.100. The summed E-state index contributed by atoms with van der Waals surface area (Å²) in [6.45, 7) is 1.84. The SMILES string of the molecule is Cc1c(N)cccc1NC(=O)c1cn[nH]n1. The van der Waals surface area contributed by atoms with Crippen LogP contribution in [0.25, 0.3) is 0 Å². The van der Waals surface area contributed by atoms with Crippen LogP contribution in [0.4, 0.5) is 11.4 Å². The van der Waals surface area contributed by atoms with Gasteiger partial charge in [0.1, 0.15) is 0 Å². The van der Waals surface area contributed by atoms with Crippen molar-refractivity contribution in [3.05, 3.63) is 35.7 Å². The third-order valence-corrected chi connectivity index (χ3v) is 2.27. The van der Waals surface area contributed by atoms with Crippen LogP contribution in [0.2, 0.25) is 0 Å². The van der Waals surface area contributed by atoms with E-state index in [4.69, 9.17) is 5.73 Å². The zero-order chi connectivity index (χ0) is 11.5. The summed E-state index contributed by atoms with van der Waals surface area (Å²) in [5.74, 6) is -0.317. The number of nitrogens with two attached hydrogens (primary N) is 1. The van der Waals surface area contributed by atoms with E-state index in [2.05, 4.69) is 20.7 Å². The molecule has 2 rings (SSSR count). The maximum absolute atomic E-state index is 11.7. The minimum absolute atomic E-state index is 0.238. The number of H-pyrrole nitrogens is 1.